The molecule has 1 aliphatic rings. The van der Waals surface area contributed by atoms with Gasteiger partial charge in [-0.2, -0.15) is 0 Å². The molecule has 0 atom stereocenters. The highest BCUT2D eigenvalue weighted by Gasteiger charge is 2.23. The van der Waals surface area contributed by atoms with Gasteiger partial charge in [0.05, 0.1) is 22.9 Å². The van der Waals surface area contributed by atoms with Gasteiger partial charge in [0.15, 0.2) is 5.65 Å². The molecule has 8 heteroatoms. The van der Waals surface area contributed by atoms with E-state index in [9.17, 15) is 8.42 Å². The average Bonchev–Trinajstić information content (AvgIpc) is 3.33. The Labute approximate surface area is 156 Å². The number of imidazole rings is 1. The van der Waals surface area contributed by atoms with Gasteiger partial charge in [0.1, 0.15) is 5.52 Å². The van der Waals surface area contributed by atoms with Crippen LogP contribution in [0.3, 0.4) is 0 Å². The van der Waals surface area contributed by atoms with Crippen molar-refractivity contribution in [1.29, 1.82) is 0 Å². The van der Waals surface area contributed by atoms with Crippen LogP contribution < -0.4 is 5.32 Å². The maximum atomic E-state index is 13.1. The predicted molar refractivity (Wildman–Crippen MR) is 103 cm³/mol. The molecular formula is C19H19N5O2S. The molecule has 1 aromatic carbocycles. The van der Waals surface area contributed by atoms with Gasteiger partial charge in [0, 0.05) is 17.6 Å². The molecule has 138 valence electrons. The number of nitrogens with one attached hydrogen (secondary N) is 1. The highest BCUT2D eigenvalue weighted by Crippen LogP contribution is 2.30. The maximum absolute atomic E-state index is 13.1. The first kappa shape index (κ1) is 16.5. The van der Waals surface area contributed by atoms with Gasteiger partial charge in [-0.15, -0.1) is 0 Å². The van der Waals surface area contributed by atoms with Crippen LogP contribution in [0.5, 0.6) is 0 Å². The molecule has 1 N–H and O–H groups in total. The minimum atomic E-state index is -3.70. The third kappa shape index (κ3) is 2.55. The van der Waals surface area contributed by atoms with Gasteiger partial charge in [-0.1, -0.05) is 18.2 Å². The highest BCUT2D eigenvalue weighted by molar-refractivity contribution is 7.90. The van der Waals surface area contributed by atoms with Gasteiger partial charge < -0.3 is 9.88 Å². The number of hydrogen-bond acceptors (Lipinski definition) is 5. The molecule has 3 aromatic heterocycles. The Morgan fingerprint density at radius 1 is 1.04 bits per heavy atom. The minimum Gasteiger partial charge on any atom is -0.327 e. The van der Waals surface area contributed by atoms with Crippen molar-refractivity contribution < 1.29 is 8.42 Å². The zero-order valence-electron chi connectivity index (χ0n) is 14.6. The number of benzene rings is 1. The summed E-state index contributed by atoms with van der Waals surface area (Å²) >= 11 is 0. The fourth-order valence-corrected chi connectivity index (χ4v) is 5.17. The number of pyridine rings is 1. The highest BCUT2D eigenvalue weighted by atomic mass is 32.2. The zero-order valence-corrected chi connectivity index (χ0v) is 15.4. The second kappa shape index (κ2) is 6.17. The molecule has 0 spiro atoms. The summed E-state index contributed by atoms with van der Waals surface area (Å²) in [5.41, 5.74) is 2.17. The molecule has 1 saturated heterocycles. The monoisotopic (exact) mass is 381 g/mol. The summed E-state index contributed by atoms with van der Waals surface area (Å²) in [5.74, 6) is 0. The lowest BCUT2D eigenvalue weighted by Gasteiger charge is -2.24. The van der Waals surface area contributed by atoms with E-state index in [1.165, 1.54) is 3.97 Å². The third-order valence-corrected chi connectivity index (χ3v) is 6.90. The first-order valence-corrected chi connectivity index (χ1v) is 10.4. The molecule has 0 amide bonds. The Balaban J connectivity index is 1.71. The van der Waals surface area contributed by atoms with Gasteiger partial charge in [-0.25, -0.2) is 22.4 Å². The Morgan fingerprint density at radius 2 is 1.81 bits per heavy atom. The van der Waals surface area contributed by atoms with Crippen LogP contribution in [0.15, 0.2) is 60.0 Å². The van der Waals surface area contributed by atoms with E-state index >= 15 is 0 Å². The van der Waals surface area contributed by atoms with Crippen LogP contribution in [0.25, 0.3) is 22.1 Å². The van der Waals surface area contributed by atoms with E-state index in [0.29, 0.717) is 11.7 Å². The standard InChI is InChI=1S/C19H19N5O2S/c25-27(26,15-4-2-1-3-5-15)24-11-8-16-18-17(12-21-19(16)24)22-13-23(18)14-6-9-20-10-7-14/h1-5,8,11-14,20H,6-7,9-10H2. The SMILES string of the molecule is O=S(=O)(c1ccccc1)n1ccc2c3c(cnc21)ncn3C1CCNCC1. The van der Waals surface area contributed by atoms with Crippen molar-refractivity contribution in [2.24, 2.45) is 0 Å². The summed E-state index contributed by atoms with van der Waals surface area (Å²) < 4.78 is 29.6. The Morgan fingerprint density at radius 3 is 2.59 bits per heavy atom. The van der Waals surface area contributed by atoms with Crippen molar-refractivity contribution >= 4 is 32.1 Å². The molecule has 5 rings (SSSR count). The van der Waals surface area contributed by atoms with Crippen molar-refractivity contribution in [1.82, 2.24) is 23.8 Å². The van der Waals surface area contributed by atoms with E-state index in [0.717, 1.165) is 42.4 Å². The van der Waals surface area contributed by atoms with Crippen molar-refractivity contribution in [2.75, 3.05) is 13.1 Å². The summed E-state index contributed by atoms with van der Waals surface area (Å²) in [6.45, 7) is 1.95. The number of piperidine rings is 1. The van der Waals surface area contributed by atoms with Crippen LogP contribution in [-0.2, 0) is 10.0 Å². The van der Waals surface area contributed by atoms with Gasteiger partial charge in [0.25, 0.3) is 10.0 Å². The quantitative estimate of drug-likeness (QED) is 0.590. The summed E-state index contributed by atoms with van der Waals surface area (Å²) in [6.07, 6.45) is 7.15. The average molecular weight is 381 g/mol. The van der Waals surface area contributed by atoms with Crippen LogP contribution in [0, 0.1) is 0 Å². The Kier molecular flexibility index (Phi) is 3.76. The van der Waals surface area contributed by atoms with Crippen LogP contribution in [-0.4, -0.2) is 40.0 Å². The lowest BCUT2D eigenvalue weighted by molar-refractivity contribution is 0.375. The Bertz CT molecular complexity index is 1220. The number of rotatable bonds is 3. The molecule has 27 heavy (non-hydrogen) atoms. The Hall–Kier alpha value is -2.71. The number of hydrogen-bond donors (Lipinski definition) is 1. The van der Waals surface area contributed by atoms with E-state index in [4.69, 9.17) is 0 Å². The molecule has 0 unspecified atom stereocenters. The molecule has 1 fully saturated rings. The van der Waals surface area contributed by atoms with E-state index in [1.54, 1.807) is 42.7 Å². The van der Waals surface area contributed by atoms with Gasteiger partial charge in [-0.3, -0.25) is 0 Å². The van der Waals surface area contributed by atoms with Crippen LogP contribution in [0.4, 0.5) is 0 Å². The van der Waals surface area contributed by atoms with Crippen LogP contribution in [0.1, 0.15) is 18.9 Å². The number of fused-ring (bicyclic) bond motifs is 3. The number of nitrogens with zero attached hydrogens (tertiary/aromatic N) is 4. The maximum Gasteiger partial charge on any atom is 0.269 e. The van der Waals surface area contributed by atoms with Gasteiger partial charge >= 0.3 is 0 Å². The predicted octanol–water partition coefficient (Wildman–Crippen LogP) is 2.55. The summed E-state index contributed by atoms with van der Waals surface area (Å²) in [4.78, 5) is 9.16. The lowest BCUT2D eigenvalue weighted by atomic mass is 10.1. The first-order valence-electron chi connectivity index (χ1n) is 9.00. The zero-order chi connectivity index (χ0) is 18.4. The second-order valence-corrected chi connectivity index (χ2v) is 8.61. The van der Waals surface area contributed by atoms with Crippen molar-refractivity contribution in [3.8, 4) is 0 Å². The molecule has 4 heterocycles. The number of aromatic nitrogens is 4. The van der Waals surface area contributed by atoms with Gasteiger partial charge in [-0.05, 0) is 44.1 Å². The molecule has 0 bridgehead atoms. The summed E-state index contributed by atoms with van der Waals surface area (Å²) in [5, 5.41) is 4.18. The van der Waals surface area contributed by atoms with E-state index in [2.05, 4.69) is 19.9 Å². The van der Waals surface area contributed by atoms with Crippen LogP contribution in [0.2, 0.25) is 0 Å². The molecule has 0 saturated carbocycles. The fourth-order valence-electron chi connectivity index (χ4n) is 3.85. The molecule has 1 aliphatic heterocycles. The fraction of sp³-hybridized carbons (Fsp3) is 0.263. The molecule has 0 aliphatic carbocycles. The summed E-state index contributed by atoms with van der Waals surface area (Å²) in [6, 6.07) is 10.6. The van der Waals surface area contributed by atoms with E-state index < -0.39 is 10.0 Å². The largest absolute Gasteiger partial charge is 0.327 e. The molecule has 7 nitrogen and oxygen atoms in total. The normalized spacial score (nSPS) is 16.3. The van der Waals surface area contributed by atoms with E-state index in [-0.39, 0.29) is 4.90 Å². The van der Waals surface area contributed by atoms with Crippen LogP contribution >= 0.6 is 0 Å². The van der Waals surface area contributed by atoms with Crippen molar-refractivity contribution in [3.63, 3.8) is 0 Å². The molecule has 0 radical (unpaired) electrons. The van der Waals surface area contributed by atoms with Crippen molar-refractivity contribution in [3.05, 3.63) is 55.1 Å². The lowest BCUT2D eigenvalue weighted by Crippen LogP contribution is -2.29. The van der Waals surface area contributed by atoms with Gasteiger partial charge in [0.2, 0.25) is 0 Å². The summed E-state index contributed by atoms with van der Waals surface area (Å²) in [7, 11) is -3.70. The molecular weight excluding hydrogens is 362 g/mol. The second-order valence-electron chi connectivity index (χ2n) is 6.79. The third-order valence-electron chi connectivity index (χ3n) is 5.21. The van der Waals surface area contributed by atoms with Crippen molar-refractivity contribution in [2.45, 2.75) is 23.8 Å². The smallest absolute Gasteiger partial charge is 0.269 e. The van der Waals surface area contributed by atoms with E-state index in [1.807, 2.05) is 12.4 Å². The first-order chi connectivity index (χ1) is 13.2. The topological polar surface area (TPSA) is 81.8 Å². The minimum absolute atomic E-state index is 0.247. The molecule has 4 aromatic rings.